The Morgan fingerprint density at radius 2 is 0.788 bits per heavy atom. The summed E-state index contributed by atoms with van der Waals surface area (Å²) in [6, 6.07) is 12.2. The fourth-order valence-corrected chi connectivity index (χ4v) is 7.06. The lowest BCUT2D eigenvalue weighted by Gasteiger charge is -2.05. The van der Waals surface area contributed by atoms with Crippen LogP contribution < -0.4 is 26.3 Å². The summed E-state index contributed by atoms with van der Waals surface area (Å²) in [5, 5.41) is 0. The predicted octanol–water partition coefficient (Wildman–Crippen LogP) is 12.2. The van der Waals surface area contributed by atoms with Crippen LogP contribution in [0.2, 0.25) is 0 Å². The second kappa shape index (κ2) is 36.1. The molecule has 52 heavy (non-hydrogen) atoms. The van der Waals surface area contributed by atoms with Gasteiger partial charge in [0.15, 0.2) is 12.4 Å². The number of halogens is 1. The van der Waals surface area contributed by atoms with E-state index in [1.165, 1.54) is 185 Å². The summed E-state index contributed by atoms with van der Waals surface area (Å²) < 4.78 is 7.88. The maximum absolute atomic E-state index is 12.3. The van der Waals surface area contributed by atoms with Gasteiger partial charge in [0, 0.05) is 25.0 Å². The van der Waals surface area contributed by atoms with E-state index in [1.54, 1.807) is 0 Å². The molecule has 0 aliphatic carbocycles. The zero-order valence-corrected chi connectivity index (χ0v) is 35.6. The number of rotatable bonds is 35. The number of nitrogens with zero attached hydrogens (tertiary/aromatic N) is 1. The average molecular weight is 783 g/mol. The van der Waals surface area contributed by atoms with E-state index < -0.39 is 0 Å². The van der Waals surface area contributed by atoms with Crippen molar-refractivity contribution in [3.05, 3.63) is 59.9 Å². The van der Waals surface area contributed by atoms with Gasteiger partial charge < -0.3 is 21.7 Å². The summed E-state index contributed by atoms with van der Waals surface area (Å²) in [5.74, 6) is 0.515. The van der Waals surface area contributed by atoms with Gasteiger partial charge in [-0.25, -0.2) is 4.57 Å². The van der Waals surface area contributed by atoms with Crippen LogP contribution in [0.25, 0.3) is 12.2 Å². The van der Waals surface area contributed by atoms with E-state index in [1.807, 2.05) is 24.3 Å². The van der Waals surface area contributed by atoms with Crippen molar-refractivity contribution in [2.75, 3.05) is 0 Å². The normalized spacial score (nSPS) is 11.3. The third kappa shape index (κ3) is 28.5. The molecule has 0 aliphatic heterocycles. The molecule has 2 aromatic rings. The first-order chi connectivity index (χ1) is 25.2. The topological polar surface area (TPSA) is 30.2 Å². The summed E-state index contributed by atoms with van der Waals surface area (Å²) in [6.45, 7) is 5.66. The van der Waals surface area contributed by atoms with Gasteiger partial charge in [-0.3, -0.25) is 4.79 Å². The highest BCUT2D eigenvalue weighted by Gasteiger charge is 2.05. The number of esters is 1. The fourth-order valence-electron chi connectivity index (χ4n) is 7.06. The third-order valence-corrected chi connectivity index (χ3v) is 10.5. The number of unbranched alkanes of at least 4 members (excludes halogenated alkanes) is 28. The molecule has 0 bridgehead atoms. The number of hydrogen-bond donors (Lipinski definition) is 0. The van der Waals surface area contributed by atoms with E-state index in [2.05, 4.69) is 55.1 Å². The second-order valence-corrected chi connectivity index (χ2v) is 15.4. The molecule has 0 amide bonds. The summed E-state index contributed by atoms with van der Waals surface area (Å²) >= 11 is 0. The first-order valence-electron chi connectivity index (χ1n) is 22.2. The molecule has 0 spiro atoms. The van der Waals surface area contributed by atoms with Gasteiger partial charge in [0.25, 0.3) is 0 Å². The van der Waals surface area contributed by atoms with Gasteiger partial charge in [-0.1, -0.05) is 211 Å². The van der Waals surface area contributed by atoms with Crippen molar-refractivity contribution >= 4 is 18.1 Å². The molecule has 2 rings (SSSR count). The number of hydrogen-bond acceptors (Lipinski definition) is 2. The Morgan fingerprint density at radius 3 is 1.17 bits per heavy atom. The highest BCUT2D eigenvalue weighted by Crippen LogP contribution is 2.18. The van der Waals surface area contributed by atoms with Crippen molar-refractivity contribution in [1.82, 2.24) is 0 Å². The van der Waals surface area contributed by atoms with Gasteiger partial charge in [0.1, 0.15) is 12.3 Å². The summed E-state index contributed by atoms with van der Waals surface area (Å²) in [4.78, 5) is 12.3. The number of ether oxygens (including phenoxy) is 1. The minimum Gasteiger partial charge on any atom is -1.00 e. The predicted molar refractivity (Wildman–Crippen MR) is 222 cm³/mol. The zero-order chi connectivity index (χ0) is 36.3. The lowest BCUT2D eigenvalue weighted by Crippen LogP contribution is -3.00. The average Bonchev–Trinajstić information content (AvgIpc) is 3.15. The summed E-state index contributed by atoms with van der Waals surface area (Å²) in [6.07, 6.45) is 50.3. The number of aryl methyl sites for hydroxylation is 1. The molecule has 0 N–H and O–H groups in total. The van der Waals surface area contributed by atoms with E-state index in [-0.39, 0.29) is 23.0 Å². The molecule has 0 saturated heterocycles. The molecule has 296 valence electrons. The number of aromatic nitrogens is 1. The quantitative estimate of drug-likeness (QED) is 0.0302. The van der Waals surface area contributed by atoms with Gasteiger partial charge in [-0.05, 0) is 36.1 Å². The van der Waals surface area contributed by atoms with E-state index in [0.29, 0.717) is 12.2 Å². The Bertz CT molecular complexity index is 1080. The fraction of sp³-hybridized carbons (Fsp3) is 0.708. The van der Waals surface area contributed by atoms with Gasteiger partial charge in [0.2, 0.25) is 0 Å². The van der Waals surface area contributed by atoms with E-state index in [4.69, 9.17) is 4.74 Å². The maximum Gasteiger partial charge on any atom is 0.311 e. The summed E-state index contributed by atoms with van der Waals surface area (Å²) in [5.41, 5.74) is 2.30. The Hall–Kier alpha value is -1.94. The molecular weight excluding hydrogens is 702 g/mol. The van der Waals surface area contributed by atoms with Crippen LogP contribution in [-0.2, 0) is 11.3 Å². The highest BCUT2D eigenvalue weighted by atomic mass is 79.9. The Kier molecular flexibility index (Phi) is 33.3. The minimum atomic E-state index is -0.120. The van der Waals surface area contributed by atoms with Crippen molar-refractivity contribution in [3.8, 4) is 5.75 Å². The number of benzene rings is 1. The molecule has 4 heteroatoms. The van der Waals surface area contributed by atoms with Crippen molar-refractivity contribution in [2.24, 2.45) is 0 Å². The van der Waals surface area contributed by atoms with Gasteiger partial charge in [0.05, 0.1) is 0 Å². The SMILES string of the molecule is CCCCCCCCCCCCCCCCCCCCCC[n+]1ccc(/C=C/c2ccc(OC(=O)CCCCCCCCCCCC)cc2)cc1.[Br-]. The van der Waals surface area contributed by atoms with Crippen LogP contribution in [0.5, 0.6) is 5.75 Å². The molecule has 0 saturated carbocycles. The number of pyridine rings is 1. The third-order valence-electron chi connectivity index (χ3n) is 10.5. The smallest absolute Gasteiger partial charge is 0.311 e. The number of carbonyl (C=O) groups excluding carboxylic acids is 1. The summed E-state index contributed by atoms with van der Waals surface area (Å²) in [7, 11) is 0. The van der Waals surface area contributed by atoms with Crippen LogP contribution in [0, 0.1) is 0 Å². The molecular formula is C48H80BrNO2. The highest BCUT2D eigenvalue weighted by molar-refractivity contribution is 5.73. The lowest BCUT2D eigenvalue weighted by molar-refractivity contribution is -0.697. The lowest BCUT2D eigenvalue weighted by atomic mass is 10.0. The first kappa shape index (κ1) is 48.1. The van der Waals surface area contributed by atoms with E-state index >= 15 is 0 Å². The van der Waals surface area contributed by atoms with Gasteiger partial charge in [-0.15, -0.1) is 0 Å². The molecule has 1 heterocycles. The maximum atomic E-state index is 12.3. The molecule has 1 aromatic carbocycles. The van der Waals surface area contributed by atoms with Crippen LogP contribution in [0.4, 0.5) is 0 Å². The van der Waals surface area contributed by atoms with Crippen molar-refractivity contribution in [3.63, 3.8) is 0 Å². The van der Waals surface area contributed by atoms with Crippen LogP contribution in [0.3, 0.4) is 0 Å². The van der Waals surface area contributed by atoms with Crippen LogP contribution in [0.1, 0.15) is 224 Å². The first-order valence-corrected chi connectivity index (χ1v) is 22.2. The molecule has 1 aromatic heterocycles. The zero-order valence-electron chi connectivity index (χ0n) is 34.0. The van der Waals surface area contributed by atoms with Crippen molar-refractivity contribution < 1.29 is 31.1 Å². The largest absolute Gasteiger partial charge is 1.00 e. The van der Waals surface area contributed by atoms with E-state index in [9.17, 15) is 4.79 Å². The van der Waals surface area contributed by atoms with Crippen molar-refractivity contribution in [2.45, 2.75) is 219 Å². The van der Waals surface area contributed by atoms with E-state index in [0.717, 1.165) is 24.9 Å². The molecule has 0 unspecified atom stereocenters. The second-order valence-electron chi connectivity index (χ2n) is 15.4. The van der Waals surface area contributed by atoms with Crippen LogP contribution in [-0.4, -0.2) is 5.97 Å². The minimum absolute atomic E-state index is 0. The molecule has 0 radical (unpaired) electrons. The van der Waals surface area contributed by atoms with Gasteiger partial charge >= 0.3 is 5.97 Å². The Labute approximate surface area is 333 Å². The number of carbonyl (C=O) groups is 1. The Balaban J connectivity index is 0.0000135. The Morgan fingerprint density at radius 1 is 0.462 bits per heavy atom. The molecule has 0 fully saturated rings. The monoisotopic (exact) mass is 782 g/mol. The molecule has 3 nitrogen and oxygen atoms in total. The van der Waals surface area contributed by atoms with Crippen LogP contribution >= 0.6 is 0 Å². The van der Waals surface area contributed by atoms with Crippen LogP contribution in [0.15, 0.2) is 48.8 Å². The standard InChI is InChI=1S/C48H80NO2.BrH/c1-3-5-7-9-11-13-15-16-17-18-19-20-21-22-23-24-26-28-30-32-42-49-43-40-46(41-44-49)35-34-45-36-38-47(39-37-45)51-48(50)33-31-29-27-25-14-12-10-8-6-4-2;/h34-41,43-44H,3-33,42H2,1-2H3;1H/q+1;/p-1/b35-34+;. The van der Waals surface area contributed by atoms with Crippen molar-refractivity contribution in [1.29, 1.82) is 0 Å². The van der Waals surface area contributed by atoms with Gasteiger partial charge in [-0.2, -0.15) is 0 Å². The molecule has 0 atom stereocenters. The molecule has 0 aliphatic rings.